The minimum atomic E-state index is -1.70. The number of ether oxygens (including phenoxy) is 6. The molecule has 3 saturated heterocycles. The van der Waals surface area contributed by atoms with Crippen LogP contribution in [0.4, 0.5) is 0 Å². The van der Waals surface area contributed by atoms with Crippen molar-refractivity contribution in [2.45, 2.75) is 81.0 Å². The summed E-state index contributed by atoms with van der Waals surface area (Å²) < 4.78 is 32.3. The maximum atomic E-state index is 11.4. The Labute approximate surface area is 183 Å². The first kappa shape index (κ1) is 25.4. The van der Waals surface area contributed by atoms with Crippen LogP contribution in [-0.2, 0) is 33.2 Å². The van der Waals surface area contributed by atoms with Crippen LogP contribution in [0.2, 0.25) is 0 Å². The maximum absolute atomic E-state index is 11.4. The van der Waals surface area contributed by atoms with E-state index in [1.165, 1.54) is 6.92 Å². The van der Waals surface area contributed by atoms with Crippen molar-refractivity contribution >= 4 is 5.97 Å². The number of esters is 1. The summed E-state index contributed by atoms with van der Waals surface area (Å²) in [5.74, 6) is -0.552. The maximum Gasteiger partial charge on any atom is 0.333 e. The van der Waals surface area contributed by atoms with E-state index in [1.54, 1.807) is 0 Å². The summed E-state index contributed by atoms with van der Waals surface area (Å²) in [6.45, 7) is 4.29. The Kier molecular flexibility index (Phi) is 8.57. The van der Waals surface area contributed by atoms with Crippen molar-refractivity contribution in [3.8, 4) is 0 Å². The van der Waals surface area contributed by atoms with E-state index in [9.17, 15) is 35.4 Å². The Balaban J connectivity index is 1.55. The lowest BCUT2D eigenvalue weighted by Crippen LogP contribution is -2.65. The molecule has 3 aliphatic heterocycles. The second-order valence-electron chi connectivity index (χ2n) is 7.93. The molecule has 1 unspecified atom stereocenters. The fourth-order valence-corrected chi connectivity index (χ4v) is 3.57. The van der Waals surface area contributed by atoms with Crippen LogP contribution in [0.1, 0.15) is 13.3 Å². The van der Waals surface area contributed by atoms with Gasteiger partial charge in [-0.25, -0.2) is 4.79 Å². The van der Waals surface area contributed by atoms with E-state index in [-0.39, 0.29) is 25.2 Å². The molecular weight excluding hydrogens is 436 g/mol. The number of carbonyl (C=O) groups is 1. The van der Waals surface area contributed by atoms with Gasteiger partial charge in [-0.1, -0.05) is 6.58 Å². The van der Waals surface area contributed by atoms with E-state index in [0.717, 1.165) is 0 Å². The quantitative estimate of drug-likeness (QED) is 0.160. The van der Waals surface area contributed by atoms with Gasteiger partial charge in [0.05, 0.1) is 19.8 Å². The molecule has 0 aromatic rings. The van der Waals surface area contributed by atoms with Gasteiger partial charge in [0.1, 0.15) is 48.8 Å². The van der Waals surface area contributed by atoms with Gasteiger partial charge in [0, 0.05) is 12.0 Å². The monoisotopic (exact) mass is 466 g/mol. The summed E-state index contributed by atoms with van der Waals surface area (Å²) in [5, 5.41) is 60.0. The largest absolute Gasteiger partial charge is 0.462 e. The Morgan fingerprint density at radius 3 is 2.28 bits per heavy atom. The first-order chi connectivity index (χ1) is 15.1. The van der Waals surface area contributed by atoms with Crippen LogP contribution in [0.15, 0.2) is 12.2 Å². The first-order valence-electron chi connectivity index (χ1n) is 10.2. The zero-order chi connectivity index (χ0) is 23.6. The molecule has 184 valence electrons. The molecule has 0 bridgehead atoms. The van der Waals surface area contributed by atoms with Crippen LogP contribution in [0.3, 0.4) is 0 Å². The molecule has 13 heteroatoms. The fraction of sp³-hybridized carbons (Fsp3) is 0.842. The van der Waals surface area contributed by atoms with Crippen molar-refractivity contribution in [1.29, 1.82) is 0 Å². The standard InChI is InChI=1S/C19H30O13/c1-7(2)17(26)27-4-3-10-28-6-9-16(31-10)13(23)15(25)19(30-9)32-18-14(24)12(22)11(21)8(5-20)29-18/h8-16,18-25H,1,3-6H2,2H3/t8-,9-,10?,11-,12+,13-,14-,15-,16-,18+,19-/m1/s1. The average molecular weight is 466 g/mol. The van der Waals surface area contributed by atoms with Gasteiger partial charge in [-0.2, -0.15) is 0 Å². The lowest BCUT2D eigenvalue weighted by Gasteiger charge is -2.48. The summed E-state index contributed by atoms with van der Waals surface area (Å²) in [6, 6.07) is 0. The molecule has 11 atom stereocenters. The van der Waals surface area contributed by atoms with E-state index >= 15 is 0 Å². The van der Waals surface area contributed by atoms with Gasteiger partial charge in [-0.15, -0.1) is 0 Å². The number of carbonyl (C=O) groups excluding carboxylic acids is 1. The SMILES string of the molecule is C=C(C)C(=O)OCCC1OC[C@H]2O[C@H](O[C@@H]3O[C@H](CO)[C@@H](O)[C@H](O)[C@H]3O)[C@H](O)[C@@H](O)[C@@H]2O1. The van der Waals surface area contributed by atoms with Gasteiger partial charge in [-0.3, -0.25) is 0 Å². The third-order valence-corrected chi connectivity index (χ3v) is 5.45. The van der Waals surface area contributed by atoms with Crippen LogP contribution in [0.25, 0.3) is 0 Å². The predicted octanol–water partition coefficient (Wildman–Crippen LogP) is -3.50. The van der Waals surface area contributed by atoms with Gasteiger partial charge in [-0.05, 0) is 6.92 Å². The van der Waals surface area contributed by atoms with E-state index in [1.807, 2.05) is 0 Å². The number of rotatable bonds is 7. The minimum absolute atomic E-state index is 0.00387. The molecule has 3 fully saturated rings. The summed E-state index contributed by atoms with van der Waals surface area (Å²) in [6.07, 6.45) is -14.8. The van der Waals surface area contributed by atoms with Gasteiger partial charge in [0.25, 0.3) is 0 Å². The Bertz CT molecular complexity index is 655. The molecule has 6 N–H and O–H groups in total. The molecule has 13 nitrogen and oxygen atoms in total. The Morgan fingerprint density at radius 2 is 1.62 bits per heavy atom. The lowest BCUT2D eigenvalue weighted by atomic mass is 9.97. The summed E-state index contributed by atoms with van der Waals surface area (Å²) in [5.41, 5.74) is 0.250. The molecule has 0 spiro atoms. The molecule has 0 amide bonds. The molecular formula is C19H30O13. The number of aliphatic hydroxyl groups excluding tert-OH is 6. The zero-order valence-corrected chi connectivity index (χ0v) is 17.4. The van der Waals surface area contributed by atoms with Crippen molar-refractivity contribution in [1.82, 2.24) is 0 Å². The number of fused-ring (bicyclic) bond motifs is 1. The normalized spacial score (nSPS) is 44.5. The van der Waals surface area contributed by atoms with E-state index in [4.69, 9.17) is 28.4 Å². The van der Waals surface area contributed by atoms with E-state index in [0.29, 0.717) is 0 Å². The Morgan fingerprint density at radius 1 is 0.969 bits per heavy atom. The van der Waals surface area contributed by atoms with Crippen LogP contribution in [0, 0.1) is 0 Å². The minimum Gasteiger partial charge on any atom is -0.462 e. The van der Waals surface area contributed by atoms with Crippen LogP contribution in [-0.4, -0.2) is 124 Å². The third-order valence-electron chi connectivity index (χ3n) is 5.45. The van der Waals surface area contributed by atoms with Crippen molar-refractivity contribution in [3.63, 3.8) is 0 Å². The van der Waals surface area contributed by atoms with Crippen LogP contribution >= 0.6 is 0 Å². The van der Waals surface area contributed by atoms with Crippen molar-refractivity contribution in [2.75, 3.05) is 19.8 Å². The fourth-order valence-electron chi connectivity index (χ4n) is 3.57. The molecule has 3 aliphatic rings. The van der Waals surface area contributed by atoms with Gasteiger partial charge in [0.15, 0.2) is 18.9 Å². The summed E-state index contributed by atoms with van der Waals surface area (Å²) >= 11 is 0. The summed E-state index contributed by atoms with van der Waals surface area (Å²) in [4.78, 5) is 11.4. The molecule has 0 radical (unpaired) electrons. The number of hydrogen-bond donors (Lipinski definition) is 6. The molecule has 0 aromatic carbocycles. The van der Waals surface area contributed by atoms with Crippen molar-refractivity contribution in [2.24, 2.45) is 0 Å². The molecule has 0 aliphatic carbocycles. The van der Waals surface area contributed by atoms with E-state index < -0.39 is 80.3 Å². The molecule has 32 heavy (non-hydrogen) atoms. The lowest BCUT2D eigenvalue weighted by molar-refractivity contribution is -0.398. The van der Waals surface area contributed by atoms with Gasteiger partial charge >= 0.3 is 5.97 Å². The average Bonchev–Trinajstić information content (AvgIpc) is 2.77. The smallest absolute Gasteiger partial charge is 0.333 e. The number of aliphatic hydroxyl groups is 6. The highest BCUT2D eigenvalue weighted by Gasteiger charge is 2.52. The molecule has 3 heterocycles. The third kappa shape index (κ3) is 5.46. The predicted molar refractivity (Wildman–Crippen MR) is 101 cm³/mol. The van der Waals surface area contributed by atoms with Gasteiger partial charge in [0.2, 0.25) is 0 Å². The molecule has 0 saturated carbocycles. The Hall–Kier alpha value is -1.23. The first-order valence-corrected chi connectivity index (χ1v) is 10.2. The van der Waals surface area contributed by atoms with Gasteiger partial charge < -0.3 is 59.1 Å². The highest BCUT2D eigenvalue weighted by Crippen LogP contribution is 2.32. The second-order valence-corrected chi connectivity index (χ2v) is 7.93. The highest BCUT2D eigenvalue weighted by atomic mass is 16.8. The molecule has 3 rings (SSSR count). The van der Waals surface area contributed by atoms with Crippen molar-refractivity contribution in [3.05, 3.63) is 12.2 Å². The van der Waals surface area contributed by atoms with Crippen LogP contribution < -0.4 is 0 Å². The van der Waals surface area contributed by atoms with Crippen LogP contribution in [0.5, 0.6) is 0 Å². The van der Waals surface area contributed by atoms with E-state index in [2.05, 4.69) is 6.58 Å². The second kappa shape index (κ2) is 10.8. The van der Waals surface area contributed by atoms with Crippen molar-refractivity contribution < 1.29 is 63.9 Å². The topological polar surface area (TPSA) is 194 Å². The molecule has 0 aromatic heterocycles. The zero-order valence-electron chi connectivity index (χ0n) is 17.4. The summed E-state index contributed by atoms with van der Waals surface area (Å²) in [7, 11) is 0. The number of hydrogen-bond acceptors (Lipinski definition) is 13. The highest BCUT2D eigenvalue weighted by molar-refractivity contribution is 5.86.